The third-order valence-corrected chi connectivity index (χ3v) is 20.2. The molecule has 3 fully saturated rings. The van der Waals surface area contributed by atoms with Gasteiger partial charge >= 0.3 is 0 Å². The van der Waals surface area contributed by atoms with Crippen LogP contribution in [0, 0.1) is 11.8 Å². The van der Waals surface area contributed by atoms with E-state index in [2.05, 4.69) is 65.0 Å². The van der Waals surface area contributed by atoms with Crippen molar-refractivity contribution in [2.75, 3.05) is 123 Å². The maximum Gasteiger partial charge on any atom is 0.227 e. The fourth-order valence-corrected chi connectivity index (χ4v) is 13.6. The van der Waals surface area contributed by atoms with Gasteiger partial charge in [0.25, 0.3) is 0 Å². The quantitative estimate of drug-likeness (QED) is 0.0221. The third-order valence-electron chi connectivity index (χ3n) is 20.2. The van der Waals surface area contributed by atoms with Crippen LogP contribution < -0.4 is 58.1 Å². The summed E-state index contributed by atoms with van der Waals surface area (Å²) >= 11 is 0. The summed E-state index contributed by atoms with van der Waals surface area (Å²) in [7, 11) is 0. The van der Waals surface area contributed by atoms with Crippen LogP contribution in [0.25, 0.3) is 0 Å². The molecule has 0 aromatic heterocycles. The Morgan fingerprint density at radius 2 is 0.697 bits per heavy atom. The Balaban J connectivity index is 1.01. The summed E-state index contributed by atoms with van der Waals surface area (Å²) in [6, 6.07) is 11.6. The Kier molecular flexibility index (Phi) is 47.2. The number of nitrogens with one attached hydrogen (secondary N) is 10. The van der Waals surface area contributed by atoms with E-state index in [1.165, 1.54) is 20.8 Å². The zero-order valence-electron chi connectivity index (χ0n) is 69.8. The summed E-state index contributed by atoms with van der Waals surface area (Å²) in [5, 5.41) is 119. The van der Waals surface area contributed by atoms with Crippen molar-refractivity contribution in [3.05, 3.63) is 65.2 Å². The molecule has 4 heterocycles. The molecule has 3 saturated heterocycles. The molecular weight excluding hydrogens is 1600 g/mol. The van der Waals surface area contributed by atoms with Crippen LogP contribution >= 0.6 is 0 Å². The van der Waals surface area contributed by atoms with Gasteiger partial charge in [0.15, 0.2) is 18.9 Å². The first kappa shape index (κ1) is 102. The number of rotatable bonds is 57. The van der Waals surface area contributed by atoms with E-state index in [1.54, 1.807) is 4.90 Å². The summed E-state index contributed by atoms with van der Waals surface area (Å²) in [5.74, 6) is 2.27. The second-order valence-electron chi connectivity index (χ2n) is 30.3. The number of aliphatic hydroxyl groups excluding tert-OH is 9. The van der Waals surface area contributed by atoms with Crippen LogP contribution in [-0.4, -0.2) is 327 Å². The lowest BCUT2D eigenvalue weighted by molar-refractivity contribution is -0.270. The lowest BCUT2D eigenvalue weighted by Gasteiger charge is -2.42. The summed E-state index contributed by atoms with van der Waals surface area (Å²) in [6.07, 6.45) is -11.8. The van der Waals surface area contributed by atoms with Crippen molar-refractivity contribution in [1.82, 2.24) is 53.2 Å². The minimum Gasteiger partial charge on any atom is -0.394 e. The van der Waals surface area contributed by atoms with Crippen molar-refractivity contribution < 1.29 is 141 Å². The van der Waals surface area contributed by atoms with Gasteiger partial charge in [-0.2, -0.15) is 0 Å². The number of anilines is 1. The van der Waals surface area contributed by atoms with Crippen LogP contribution in [0.5, 0.6) is 0 Å². The van der Waals surface area contributed by atoms with Crippen LogP contribution in [0.15, 0.2) is 48.5 Å². The van der Waals surface area contributed by atoms with Gasteiger partial charge in [-0.25, -0.2) is 0 Å². The average Bonchev–Trinajstić information content (AvgIpc) is 0.818. The van der Waals surface area contributed by atoms with Gasteiger partial charge in [-0.3, -0.25) is 52.7 Å². The molecule has 0 spiro atoms. The highest BCUT2D eigenvalue weighted by Crippen LogP contribution is 2.29. The molecule has 15 atom stereocenters. The first-order valence-electron chi connectivity index (χ1n) is 41.8. The molecule has 0 aliphatic carbocycles. The molecule has 40 heteroatoms. The molecule has 0 radical (unpaired) electrons. The summed E-state index contributed by atoms with van der Waals surface area (Å²) < 4.78 is 52.3. The van der Waals surface area contributed by atoms with Crippen LogP contribution in [0.2, 0.25) is 0 Å². The van der Waals surface area contributed by atoms with E-state index >= 15 is 0 Å². The number of aliphatic hydroxyl groups is 9. The topological polar surface area (TPSA) is 576 Å². The Morgan fingerprint density at radius 3 is 1.06 bits per heavy atom. The highest BCUT2D eigenvalue weighted by atomic mass is 16.7. The molecule has 19 N–H and O–H groups in total. The standard InChI is InChI=1S/C82H127N11O29/c1-52(97)89-70-76(111)73(108)59(46-94)120-79(70)117-39-13-10-23-62(100)83-33-16-36-86-65(103)30-42-114-49-82(92-68(106)26-8-9-27-69(107)93-45-57-21-5-4-19-55(57)28-29-56-20-6-7-22-58(56)93,50-115-43-31-66(104)87-37-17-34-84-63(101)24-11-14-40-118-80-71(90-53(2)98)77(112)74(109)60(47-95)121-80)51-116-44-32-67(105)88-38-18-35-85-64(102)25-12-15-41-119-81-72(91-54(3)99)78(113)75(110)61(48-96)122-81/h4-7,19-22,59-61,70-81,94-96,108-113H,8-18,23-27,30-51H2,1-3H3,(H,83,100)(H,84,101)(H,85,102)(H,86,103)(H,87,104)(H,88,105)(H,89,97)(H,90,98)(H,91,99)(H,92,106)/t59-,60-,61-,70-,71-,72-,73+,74+,75+,76-,77-,78-,79?,80?,81?,82?/m1/s1. The summed E-state index contributed by atoms with van der Waals surface area (Å²) in [6.45, 7) is 2.15. The van der Waals surface area contributed by atoms with E-state index in [-0.39, 0.29) is 187 Å². The summed E-state index contributed by atoms with van der Waals surface area (Å²) in [4.78, 5) is 143. The number of nitrogens with zero attached hydrogens (tertiary/aromatic N) is 1. The molecule has 684 valence electrons. The fourth-order valence-electron chi connectivity index (χ4n) is 13.6. The minimum atomic E-state index is -1.52. The first-order chi connectivity index (χ1) is 58.7. The van der Waals surface area contributed by atoms with Gasteiger partial charge in [0.1, 0.15) is 78.6 Å². The summed E-state index contributed by atoms with van der Waals surface area (Å²) in [5.41, 5.74) is 1.50. The SMILES string of the molecule is CC(=O)N[C@H]1C(OCCCCC(=O)NCCCNC(=O)CCOCC(COCCC(=O)NCCCNC(=O)CCCCOC2O[C@H](CO)[C@H](O)[C@H](O)[C@H]2NC(C)=O)(COCCC(=O)NCCCNC(=O)CCCCOC2O[C@H](CO)[C@H](O)[C@H](O)[C@H]2NC(C)=O)NC(=O)CCCCC(=O)N2Cc3ccccc3C#Cc3ccccc32)O[C@H](CO)[C@H](O)[C@@H]1O. The second kappa shape index (κ2) is 56.3. The van der Waals surface area contributed by atoms with Crippen molar-refractivity contribution in [2.45, 2.75) is 247 Å². The average molecular weight is 1730 g/mol. The van der Waals surface area contributed by atoms with Crippen LogP contribution in [0.1, 0.15) is 159 Å². The highest BCUT2D eigenvalue weighted by molar-refractivity contribution is 5.95. The van der Waals surface area contributed by atoms with Crippen LogP contribution in [0.4, 0.5) is 5.69 Å². The predicted molar refractivity (Wildman–Crippen MR) is 433 cm³/mol. The highest BCUT2D eigenvalue weighted by Gasteiger charge is 2.48. The maximum absolute atomic E-state index is 14.3. The Bertz CT molecular complexity index is 3410. The lowest BCUT2D eigenvalue weighted by atomic mass is 9.97. The van der Waals surface area contributed by atoms with E-state index in [0.717, 1.165) is 11.1 Å². The van der Waals surface area contributed by atoms with Crippen molar-refractivity contribution in [3.63, 3.8) is 0 Å². The van der Waals surface area contributed by atoms with Gasteiger partial charge in [-0.1, -0.05) is 42.2 Å². The van der Waals surface area contributed by atoms with E-state index in [0.29, 0.717) is 75.5 Å². The smallest absolute Gasteiger partial charge is 0.227 e. The zero-order valence-corrected chi connectivity index (χ0v) is 69.8. The number of ether oxygens (including phenoxy) is 9. The van der Waals surface area contributed by atoms with Crippen molar-refractivity contribution >= 4 is 70.7 Å². The second-order valence-corrected chi connectivity index (χ2v) is 30.3. The molecule has 0 bridgehead atoms. The number of carbonyl (C=O) groups excluding carboxylic acids is 11. The third kappa shape index (κ3) is 36.7. The van der Waals surface area contributed by atoms with Gasteiger partial charge < -0.3 is 147 Å². The molecule has 2 aromatic carbocycles. The number of hydrogen-bond acceptors (Lipinski definition) is 29. The Morgan fingerprint density at radius 1 is 0.385 bits per heavy atom. The number of unbranched alkanes of at least 4 members (excludes halogenated alkanes) is 4. The number of benzene rings is 2. The number of carbonyl (C=O) groups is 11. The predicted octanol–water partition coefficient (Wildman–Crippen LogP) is -4.17. The number of fused-ring (bicyclic) bond motifs is 2. The molecule has 4 aliphatic heterocycles. The van der Waals surface area contributed by atoms with E-state index in [4.69, 9.17) is 42.6 Å². The van der Waals surface area contributed by atoms with Gasteiger partial charge in [-0.15, -0.1) is 0 Å². The van der Waals surface area contributed by atoms with Crippen molar-refractivity contribution in [1.29, 1.82) is 0 Å². The molecule has 3 unspecified atom stereocenters. The molecule has 4 aliphatic rings. The zero-order chi connectivity index (χ0) is 88.8. The van der Waals surface area contributed by atoms with E-state index < -0.39 is 159 Å². The normalized spacial score (nSPS) is 23.4. The molecule has 40 nitrogen and oxygen atoms in total. The Labute approximate surface area is 709 Å². The number of amides is 11. The van der Waals surface area contributed by atoms with Crippen LogP contribution in [-0.2, 0) is 102 Å². The monoisotopic (exact) mass is 1730 g/mol. The maximum atomic E-state index is 14.3. The molecule has 11 amide bonds. The van der Waals surface area contributed by atoms with Gasteiger partial charge in [0.05, 0.1) is 71.7 Å². The molecule has 122 heavy (non-hydrogen) atoms. The number of para-hydroxylation sites is 1. The van der Waals surface area contributed by atoms with E-state index in [9.17, 15) is 98.7 Å². The minimum absolute atomic E-state index is 0.0671. The fraction of sp³-hybridized carbons (Fsp3) is 0.695. The van der Waals surface area contributed by atoms with Crippen molar-refractivity contribution in [2.24, 2.45) is 0 Å². The molecule has 2 aromatic rings. The molecule has 0 saturated carbocycles. The largest absolute Gasteiger partial charge is 0.394 e. The lowest BCUT2D eigenvalue weighted by Crippen LogP contribution is -2.64. The molecule has 6 rings (SSSR count). The van der Waals surface area contributed by atoms with Crippen molar-refractivity contribution in [3.8, 4) is 11.8 Å². The molecular formula is C82H127N11O29. The Hall–Kier alpha value is -8.55. The first-order valence-corrected chi connectivity index (χ1v) is 41.8. The van der Waals surface area contributed by atoms with Gasteiger partial charge in [0.2, 0.25) is 65.0 Å². The van der Waals surface area contributed by atoms with Gasteiger partial charge in [0, 0.05) is 142 Å². The van der Waals surface area contributed by atoms with Crippen LogP contribution in [0.3, 0.4) is 0 Å². The van der Waals surface area contributed by atoms with Gasteiger partial charge in [-0.05, 0) is 94.4 Å². The number of hydrogen-bond donors (Lipinski definition) is 19. The van der Waals surface area contributed by atoms with E-state index in [1.807, 2.05) is 48.5 Å².